The van der Waals surface area contributed by atoms with Gasteiger partial charge in [0.15, 0.2) is 0 Å². The van der Waals surface area contributed by atoms with Crippen LogP contribution < -0.4 is 0 Å². The fraction of sp³-hybridized carbons (Fsp3) is 0.385. The van der Waals surface area contributed by atoms with Crippen LogP contribution in [0.15, 0.2) is 22.2 Å². The van der Waals surface area contributed by atoms with E-state index >= 15 is 0 Å². The summed E-state index contributed by atoms with van der Waals surface area (Å²) in [4.78, 5) is 9.31. The predicted octanol–water partition coefficient (Wildman–Crippen LogP) is 2.74. The van der Waals surface area contributed by atoms with Crippen molar-refractivity contribution in [2.45, 2.75) is 6.04 Å². The van der Waals surface area contributed by atoms with Crippen molar-refractivity contribution in [1.82, 2.24) is 19.5 Å². The highest BCUT2D eigenvalue weighted by Gasteiger charge is 2.31. The first-order valence-electron chi connectivity index (χ1n) is 6.82. The fourth-order valence-corrected chi connectivity index (χ4v) is 5.38. The molecular weight excluding hydrogens is 388 g/mol. The molecule has 1 aliphatic rings. The minimum Gasteiger partial charge on any atom is -0.492 e. The van der Waals surface area contributed by atoms with Crippen molar-refractivity contribution in [1.29, 1.82) is 0 Å². The summed E-state index contributed by atoms with van der Waals surface area (Å²) in [5.74, 6) is 0.179. The zero-order valence-electron chi connectivity index (χ0n) is 11.5. The van der Waals surface area contributed by atoms with E-state index in [4.69, 9.17) is 4.74 Å². The molecule has 3 aromatic rings. The van der Waals surface area contributed by atoms with E-state index in [1.54, 1.807) is 11.3 Å². The normalized spacial score (nSPS) is 18.0. The number of thiophene rings is 1. The minimum atomic E-state index is 0.00806. The maximum absolute atomic E-state index is 10.6. The lowest BCUT2D eigenvalue weighted by molar-refractivity contribution is 0.0247. The van der Waals surface area contributed by atoms with Gasteiger partial charge in [-0.25, -0.2) is 4.98 Å². The molecule has 3 aromatic heterocycles. The first-order chi connectivity index (χ1) is 10.7. The Labute approximate surface area is 143 Å². The number of hydrogen-bond acceptors (Lipinski definition) is 7. The molecule has 0 saturated carbocycles. The van der Waals surface area contributed by atoms with Crippen LogP contribution in [0.1, 0.15) is 15.8 Å². The highest BCUT2D eigenvalue weighted by atomic mass is 79.9. The van der Waals surface area contributed by atoms with Crippen LogP contribution in [0.3, 0.4) is 0 Å². The molecule has 0 radical (unpaired) electrons. The molecule has 1 saturated heterocycles. The molecule has 0 bridgehead atoms. The van der Waals surface area contributed by atoms with Crippen molar-refractivity contribution in [2.24, 2.45) is 0 Å². The maximum atomic E-state index is 10.6. The SMILES string of the molecule is Oc1c(C(c2ccc(Br)s2)N2CCOCC2)sc2ncnn12. The molecule has 1 atom stereocenters. The Morgan fingerprint density at radius 1 is 1.27 bits per heavy atom. The van der Waals surface area contributed by atoms with Gasteiger partial charge in [0, 0.05) is 18.0 Å². The number of fused-ring (bicyclic) bond motifs is 1. The van der Waals surface area contributed by atoms with Gasteiger partial charge in [0.2, 0.25) is 10.8 Å². The summed E-state index contributed by atoms with van der Waals surface area (Å²) in [5.41, 5.74) is 0. The molecule has 22 heavy (non-hydrogen) atoms. The Kier molecular flexibility index (Phi) is 3.91. The number of aromatic nitrogens is 3. The first kappa shape index (κ1) is 14.6. The van der Waals surface area contributed by atoms with Gasteiger partial charge in [0.25, 0.3) is 0 Å². The summed E-state index contributed by atoms with van der Waals surface area (Å²) in [6.07, 6.45) is 1.46. The Morgan fingerprint density at radius 2 is 2.09 bits per heavy atom. The largest absolute Gasteiger partial charge is 0.492 e. The van der Waals surface area contributed by atoms with E-state index < -0.39 is 0 Å². The predicted molar refractivity (Wildman–Crippen MR) is 88.8 cm³/mol. The fourth-order valence-electron chi connectivity index (χ4n) is 2.66. The quantitative estimate of drug-likeness (QED) is 0.731. The Bertz CT molecular complexity index is 793. The van der Waals surface area contributed by atoms with Gasteiger partial charge in [-0.2, -0.15) is 9.61 Å². The third-order valence-electron chi connectivity index (χ3n) is 3.66. The van der Waals surface area contributed by atoms with E-state index in [9.17, 15) is 5.11 Å². The lowest BCUT2D eigenvalue weighted by atomic mass is 10.1. The van der Waals surface area contributed by atoms with Crippen molar-refractivity contribution in [2.75, 3.05) is 26.3 Å². The number of aromatic hydroxyl groups is 1. The van der Waals surface area contributed by atoms with Crippen molar-refractivity contribution in [3.05, 3.63) is 32.0 Å². The Hall–Kier alpha value is -1.00. The molecule has 0 aliphatic carbocycles. The maximum Gasteiger partial charge on any atom is 0.230 e. The summed E-state index contributed by atoms with van der Waals surface area (Å²) < 4.78 is 8.04. The Balaban J connectivity index is 1.81. The second-order valence-electron chi connectivity index (χ2n) is 4.94. The van der Waals surface area contributed by atoms with E-state index in [0.717, 1.165) is 21.8 Å². The molecule has 0 amide bonds. The summed E-state index contributed by atoms with van der Waals surface area (Å²) in [7, 11) is 0. The molecule has 1 fully saturated rings. The number of nitrogens with zero attached hydrogens (tertiary/aromatic N) is 4. The molecule has 4 heterocycles. The van der Waals surface area contributed by atoms with Crippen LogP contribution in [0.5, 0.6) is 5.88 Å². The van der Waals surface area contributed by atoms with Gasteiger partial charge in [-0.15, -0.1) is 11.3 Å². The summed E-state index contributed by atoms with van der Waals surface area (Å²) in [6.45, 7) is 3.11. The number of thiazole rings is 1. The molecule has 6 nitrogen and oxygen atoms in total. The van der Waals surface area contributed by atoms with E-state index in [2.05, 4.69) is 37.0 Å². The number of rotatable bonds is 3. The smallest absolute Gasteiger partial charge is 0.230 e. The second-order valence-corrected chi connectivity index (χ2v) is 8.44. The van der Waals surface area contributed by atoms with Crippen LogP contribution in [0.4, 0.5) is 0 Å². The number of morpholine rings is 1. The molecule has 1 unspecified atom stereocenters. The summed E-state index contributed by atoms with van der Waals surface area (Å²) >= 11 is 6.70. The van der Waals surface area contributed by atoms with Gasteiger partial charge in [0.1, 0.15) is 6.33 Å². The van der Waals surface area contributed by atoms with Gasteiger partial charge < -0.3 is 9.84 Å². The number of ether oxygens (including phenoxy) is 1. The summed E-state index contributed by atoms with van der Waals surface area (Å²) in [5, 5.41) is 14.6. The van der Waals surface area contributed by atoms with E-state index in [1.807, 2.05) is 6.07 Å². The van der Waals surface area contributed by atoms with Gasteiger partial charge in [-0.05, 0) is 28.1 Å². The van der Waals surface area contributed by atoms with Gasteiger partial charge in [-0.3, -0.25) is 4.90 Å². The zero-order valence-corrected chi connectivity index (χ0v) is 14.7. The summed E-state index contributed by atoms with van der Waals surface area (Å²) in [6, 6.07) is 4.15. The molecule has 116 valence electrons. The van der Waals surface area contributed by atoms with Crippen molar-refractivity contribution in [3.63, 3.8) is 0 Å². The van der Waals surface area contributed by atoms with E-state index in [1.165, 1.54) is 27.1 Å². The standard InChI is InChI=1S/C13H13BrN4O2S2/c14-9-2-1-8(21-9)10(17-3-5-20-6-4-17)11-12(19)18-13(22-11)15-7-16-18/h1-2,7,10,19H,3-6H2. The monoisotopic (exact) mass is 400 g/mol. The van der Waals surface area contributed by atoms with Crippen molar-refractivity contribution in [3.8, 4) is 5.88 Å². The first-order valence-corrected chi connectivity index (χ1v) is 9.25. The van der Waals surface area contributed by atoms with Crippen LogP contribution >= 0.6 is 38.6 Å². The topological polar surface area (TPSA) is 62.9 Å². The molecular formula is C13H13BrN4O2S2. The third kappa shape index (κ3) is 2.46. The van der Waals surface area contributed by atoms with Crippen LogP contribution in [0.25, 0.3) is 4.96 Å². The number of halogens is 1. The average molecular weight is 401 g/mol. The van der Waals surface area contributed by atoms with E-state index in [-0.39, 0.29) is 11.9 Å². The molecule has 0 aromatic carbocycles. The van der Waals surface area contributed by atoms with Crippen LogP contribution in [0, 0.1) is 0 Å². The highest BCUT2D eigenvalue weighted by Crippen LogP contribution is 2.42. The van der Waals surface area contributed by atoms with Gasteiger partial charge in [0.05, 0.1) is 27.9 Å². The molecule has 4 rings (SSSR count). The lowest BCUT2D eigenvalue weighted by Gasteiger charge is -2.33. The molecule has 0 spiro atoms. The Morgan fingerprint density at radius 3 is 2.77 bits per heavy atom. The second kappa shape index (κ2) is 5.89. The number of hydrogen-bond donors (Lipinski definition) is 1. The van der Waals surface area contributed by atoms with Crippen LogP contribution in [-0.4, -0.2) is 50.9 Å². The molecule has 1 aliphatic heterocycles. The molecule has 1 N–H and O–H groups in total. The highest BCUT2D eigenvalue weighted by molar-refractivity contribution is 9.11. The zero-order chi connectivity index (χ0) is 15.1. The average Bonchev–Trinajstić information content (AvgIpc) is 3.22. The minimum absolute atomic E-state index is 0.00806. The third-order valence-corrected chi connectivity index (χ3v) is 6.42. The lowest BCUT2D eigenvalue weighted by Crippen LogP contribution is -2.39. The van der Waals surface area contributed by atoms with Crippen LogP contribution in [0.2, 0.25) is 0 Å². The van der Waals surface area contributed by atoms with Gasteiger partial charge in [-0.1, -0.05) is 11.3 Å². The van der Waals surface area contributed by atoms with Crippen molar-refractivity contribution < 1.29 is 9.84 Å². The molecule has 9 heteroatoms. The van der Waals surface area contributed by atoms with Gasteiger partial charge >= 0.3 is 0 Å². The van der Waals surface area contributed by atoms with Crippen LogP contribution in [-0.2, 0) is 4.74 Å². The van der Waals surface area contributed by atoms with E-state index in [0.29, 0.717) is 18.2 Å². The van der Waals surface area contributed by atoms with Crippen molar-refractivity contribution >= 4 is 43.6 Å².